The highest BCUT2D eigenvalue weighted by atomic mass is 127. The second-order valence-corrected chi connectivity index (χ2v) is 2.55. The molecule has 0 spiro atoms. The van der Waals surface area contributed by atoms with Crippen LogP contribution in [0.4, 0.5) is 0 Å². The molecule has 1 rings (SSSR count). The fraction of sp³-hybridized carbons (Fsp3) is 0.125. The number of aryl methyl sites for hydroxylation is 1. The summed E-state index contributed by atoms with van der Waals surface area (Å²) < 4.78 is 1.38. The number of carboxylic acids is 1. The number of carbonyl (C=O) groups excluding carboxylic acids is 1. The number of hydrogen-bond acceptors (Lipinski definition) is 2. The summed E-state index contributed by atoms with van der Waals surface area (Å²) in [6.45, 7) is 0. The van der Waals surface area contributed by atoms with E-state index in [1.54, 1.807) is 13.2 Å². The number of carboxylic acid groups (broad SMARTS) is 1. The molecule has 1 aromatic rings. The van der Waals surface area contributed by atoms with Crippen LogP contribution in [0.25, 0.3) is 0 Å². The number of rotatable bonds is 2. The van der Waals surface area contributed by atoms with Crippen LogP contribution in [0.15, 0.2) is 18.3 Å². The van der Waals surface area contributed by atoms with Crippen LogP contribution in [0.3, 0.4) is 0 Å². The van der Waals surface area contributed by atoms with E-state index in [9.17, 15) is 9.59 Å². The summed E-state index contributed by atoms with van der Waals surface area (Å²) in [6.07, 6.45) is 1.56. The van der Waals surface area contributed by atoms with Crippen molar-refractivity contribution in [2.75, 3.05) is 0 Å². The van der Waals surface area contributed by atoms with Gasteiger partial charge in [0.2, 0.25) is 0 Å². The minimum Gasteiger partial charge on any atom is -1.00 e. The lowest BCUT2D eigenvalue weighted by atomic mass is 10.2. The second kappa shape index (κ2) is 4.89. The van der Waals surface area contributed by atoms with E-state index in [1.807, 2.05) is 0 Å². The second-order valence-electron chi connectivity index (χ2n) is 2.55. The number of aromatic carboxylic acids is 1. The zero-order valence-electron chi connectivity index (χ0n) is 7.40. The third-order valence-electron chi connectivity index (χ3n) is 1.64. The van der Waals surface area contributed by atoms with Gasteiger partial charge in [0.25, 0.3) is 5.69 Å². The molecule has 14 heavy (non-hydrogen) atoms. The Balaban J connectivity index is 0.00000169. The number of amides is 1. The van der Waals surface area contributed by atoms with Gasteiger partial charge in [-0.25, -0.2) is 4.79 Å². The maximum Gasteiger partial charge on any atom is 0.342 e. The molecule has 1 aromatic heterocycles. The topological polar surface area (TPSA) is 84.3 Å². The summed E-state index contributed by atoms with van der Waals surface area (Å²) in [6, 6.07) is 2.87. The molecule has 0 aliphatic heterocycles. The molecule has 3 N–H and O–H groups in total. The van der Waals surface area contributed by atoms with Crippen LogP contribution in [0.2, 0.25) is 0 Å². The smallest absolute Gasteiger partial charge is 0.342 e. The first-order chi connectivity index (χ1) is 6.04. The van der Waals surface area contributed by atoms with Crippen molar-refractivity contribution in [2.24, 2.45) is 12.8 Å². The molecule has 0 aromatic carbocycles. The van der Waals surface area contributed by atoms with E-state index in [0.29, 0.717) is 0 Å². The van der Waals surface area contributed by atoms with Gasteiger partial charge in [-0.15, -0.1) is 0 Å². The van der Waals surface area contributed by atoms with Gasteiger partial charge in [0.1, 0.15) is 12.6 Å². The summed E-state index contributed by atoms with van der Waals surface area (Å²) in [5.41, 5.74) is 4.94. The minimum atomic E-state index is -1.16. The van der Waals surface area contributed by atoms with Crippen molar-refractivity contribution in [3.05, 3.63) is 29.6 Å². The zero-order valence-corrected chi connectivity index (χ0v) is 9.56. The van der Waals surface area contributed by atoms with Gasteiger partial charge in [-0.2, -0.15) is 4.57 Å². The number of nitrogens with two attached hydrogens (primary N) is 1. The lowest BCUT2D eigenvalue weighted by molar-refractivity contribution is -0.673. The molecule has 6 heteroatoms. The molecule has 76 valence electrons. The van der Waals surface area contributed by atoms with Gasteiger partial charge < -0.3 is 34.8 Å². The zero-order chi connectivity index (χ0) is 10.0. The Hall–Kier alpha value is -1.18. The molecule has 0 bridgehead atoms. The number of primary amides is 1. The molecule has 1 heterocycles. The third kappa shape index (κ3) is 2.41. The summed E-state index contributed by atoms with van der Waals surface area (Å²) in [4.78, 5) is 21.5. The largest absolute Gasteiger partial charge is 1.00 e. The Morgan fingerprint density at radius 3 is 2.43 bits per heavy atom. The van der Waals surface area contributed by atoms with Gasteiger partial charge >= 0.3 is 11.9 Å². The molecule has 0 saturated heterocycles. The number of carbonyl (C=O) groups is 2. The first-order valence-corrected chi connectivity index (χ1v) is 3.55. The highest BCUT2D eigenvalue weighted by Gasteiger charge is 2.23. The van der Waals surface area contributed by atoms with Crippen molar-refractivity contribution in [1.29, 1.82) is 0 Å². The Labute approximate surface area is 97.6 Å². The van der Waals surface area contributed by atoms with Crippen LogP contribution in [0.5, 0.6) is 0 Å². The van der Waals surface area contributed by atoms with Crippen LogP contribution >= 0.6 is 0 Å². The van der Waals surface area contributed by atoms with E-state index < -0.39 is 11.9 Å². The fourth-order valence-corrected chi connectivity index (χ4v) is 1.09. The Morgan fingerprint density at radius 2 is 2.07 bits per heavy atom. The van der Waals surface area contributed by atoms with Gasteiger partial charge in [-0.05, 0) is 6.07 Å². The molecule has 0 radical (unpaired) electrons. The lowest BCUT2D eigenvalue weighted by Gasteiger charge is -1.98. The van der Waals surface area contributed by atoms with Gasteiger partial charge in [0, 0.05) is 6.07 Å². The van der Waals surface area contributed by atoms with Crippen LogP contribution in [0.1, 0.15) is 20.8 Å². The summed E-state index contributed by atoms with van der Waals surface area (Å²) in [7, 11) is 1.56. The van der Waals surface area contributed by atoms with E-state index in [1.165, 1.54) is 16.7 Å². The first kappa shape index (κ1) is 12.8. The van der Waals surface area contributed by atoms with Crippen molar-refractivity contribution in [1.82, 2.24) is 0 Å². The standard InChI is InChI=1S/C8H8N2O3.HI/c1-10-4-2-3-5(8(12)13)6(10)7(9)11;/h2-4H,1H3,(H2-,9,11,12,13);1H. The highest BCUT2D eigenvalue weighted by Crippen LogP contribution is 2.01. The predicted molar refractivity (Wildman–Crippen MR) is 43.1 cm³/mol. The summed E-state index contributed by atoms with van der Waals surface area (Å²) in [5, 5.41) is 8.72. The number of hydrogen-bond donors (Lipinski definition) is 2. The first-order valence-electron chi connectivity index (χ1n) is 3.55. The van der Waals surface area contributed by atoms with Crippen molar-refractivity contribution in [2.45, 2.75) is 0 Å². The molecule has 0 aliphatic rings. The third-order valence-corrected chi connectivity index (χ3v) is 1.64. The molecule has 5 nitrogen and oxygen atoms in total. The van der Waals surface area contributed by atoms with Crippen LogP contribution in [-0.4, -0.2) is 17.0 Å². The van der Waals surface area contributed by atoms with Crippen LogP contribution in [-0.2, 0) is 7.05 Å². The highest BCUT2D eigenvalue weighted by molar-refractivity contribution is 6.01. The quantitative estimate of drug-likeness (QED) is 0.436. The Kier molecular flexibility index (Phi) is 4.48. The van der Waals surface area contributed by atoms with Crippen LogP contribution < -0.4 is 34.3 Å². The van der Waals surface area contributed by atoms with Crippen molar-refractivity contribution in [3.63, 3.8) is 0 Å². The molecular weight excluding hydrogens is 299 g/mol. The lowest BCUT2D eigenvalue weighted by Crippen LogP contribution is -3.00. The van der Waals surface area contributed by atoms with Crippen LogP contribution in [0, 0.1) is 0 Å². The molecule has 0 atom stereocenters. The summed E-state index contributed by atoms with van der Waals surface area (Å²) >= 11 is 0. The predicted octanol–water partition coefficient (Wildman–Crippen LogP) is -3.69. The van der Waals surface area contributed by atoms with Crippen molar-refractivity contribution < 1.29 is 43.2 Å². The average Bonchev–Trinajstić information content (AvgIpc) is 2.02. The van der Waals surface area contributed by atoms with E-state index in [4.69, 9.17) is 10.8 Å². The molecule has 0 unspecified atom stereocenters. The molecular formula is C8H9IN2O3. The van der Waals surface area contributed by atoms with Crippen molar-refractivity contribution in [3.8, 4) is 0 Å². The molecule has 0 saturated carbocycles. The van der Waals surface area contributed by atoms with E-state index in [0.717, 1.165) is 0 Å². The van der Waals surface area contributed by atoms with Gasteiger partial charge in [0.05, 0.1) is 0 Å². The normalized spacial score (nSPS) is 8.93. The van der Waals surface area contributed by atoms with Gasteiger partial charge in [-0.1, -0.05) is 0 Å². The molecule has 0 fully saturated rings. The van der Waals surface area contributed by atoms with Gasteiger partial charge in [-0.3, -0.25) is 4.79 Å². The fourth-order valence-electron chi connectivity index (χ4n) is 1.09. The minimum absolute atomic E-state index is 0. The SMILES string of the molecule is C[n+]1cccc(C(=O)O)c1C(N)=O.[I-]. The van der Waals surface area contributed by atoms with E-state index in [-0.39, 0.29) is 35.2 Å². The number of aromatic nitrogens is 1. The van der Waals surface area contributed by atoms with E-state index >= 15 is 0 Å². The Morgan fingerprint density at radius 1 is 1.50 bits per heavy atom. The average molecular weight is 308 g/mol. The van der Waals surface area contributed by atoms with E-state index in [2.05, 4.69) is 0 Å². The molecule has 0 aliphatic carbocycles. The van der Waals surface area contributed by atoms with Gasteiger partial charge in [0.15, 0.2) is 6.20 Å². The maximum absolute atomic E-state index is 10.9. The molecule has 1 amide bonds. The summed E-state index contributed by atoms with van der Waals surface area (Å²) in [5.74, 6) is -1.91. The number of halogens is 1. The number of pyridine rings is 1. The Bertz CT molecular complexity index is 379. The monoisotopic (exact) mass is 308 g/mol. The maximum atomic E-state index is 10.9. The number of nitrogens with zero attached hydrogens (tertiary/aromatic N) is 1. The van der Waals surface area contributed by atoms with Crippen molar-refractivity contribution >= 4 is 11.9 Å².